The average Bonchev–Trinajstić information content (AvgIpc) is 2.79. The van der Waals surface area contributed by atoms with Gasteiger partial charge in [-0.15, -0.1) is 0 Å². The van der Waals surface area contributed by atoms with Crippen LogP contribution in [0.4, 0.5) is 0 Å². The Bertz CT molecular complexity index is 545. The summed E-state index contributed by atoms with van der Waals surface area (Å²) in [7, 11) is 4.41. The molecule has 0 saturated carbocycles. The van der Waals surface area contributed by atoms with Gasteiger partial charge in [0.2, 0.25) is 0 Å². The van der Waals surface area contributed by atoms with Gasteiger partial charge in [0.05, 0.1) is 0 Å². The van der Waals surface area contributed by atoms with E-state index < -0.39 is 0 Å². The first kappa shape index (κ1) is 12.4. The molecule has 0 spiro atoms. The van der Waals surface area contributed by atoms with Crippen LogP contribution in [-0.2, 0) is 12.8 Å². The molecule has 1 aliphatic rings. The van der Waals surface area contributed by atoms with E-state index in [4.69, 9.17) is 0 Å². The SMILES string of the molecule is CN(C)[C@@H]1Cc2ccccc2[C@H]1Cc1ccccc1. The van der Waals surface area contributed by atoms with Gasteiger partial charge in [0, 0.05) is 12.0 Å². The second-order valence-corrected chi connectivity index (χ2v) is 5.73. The number of hydrogen-bond donors (Lipinski definition) is 0. The van der Waals surface area contributed by atoms with Crippen molar-refractivity contribution in [3.8, 4) is 0 Å². The van der Waals surface area contributed by atoms with Crippen LogP contribution in [0.25, 0.3) is 0 Å². The van der Waals surface area contributed by atoms with Crippen LogP contribution in [0.5, 0.6) is 0 Å². The monoisotopic (exact) mass is 251 g/mol. The Morgan fingerprint density at radius 1 is 0.947 bits per heavy atom. The first-order valence-electron chi connectivity index (χ1n) is 7.04. The van der Waals surface area contributed by atoms with Gasteiger partial charge in [0.25, 0.3) is 0 Å². The number of benzene rings is 2. The van der Waals surface area contributed by atoms with Gasteiger partial charge in [-0.05, 0) is 43.6 Å². The fourth-order valence-electron chi connectivity index (χ4n) is 3.31. The molecule has 0 unspecified atom stereocenters. The van der Waals surface area contributed by atoms with E-state index in [1.54, 1.807) is 5.56 Å². The van der Waals surface area contributed by atoms with E-state index in [2.05, 4.69) is 73.6 Å². The van der Waals surface area contributed by atoms with Crippen LogP contribution in [-0.4, -0.2) is 25.0 Å². The maximum absolute atomic E-state index is 2.38. The third-order valence-electron chi connectivity index (χ3n) is 4.31. The highest BCUT2D eigenvalue weighted by molar-refractivity contribution is 5.39. The van der Waals surface area contributed by atoms with Crippen molar-refractivity contribution in [2.45, 2.75) is 24.8 Å². The summed E-state index contributed by atoms with van der Waals surface area (Å²) in [6.07, 6.45) is 2.32. The molecule has 2 aromatic carbocycles. The molecule has 0 saturated heterocycles. The largest absolute Gasteiger partial charge is 0.305 e. The molecule has 0 N–H and O–H groups in total. The van der Waals surface area contributed by atoms with Crippen molar-refractivity contribution in [3.05, 3.63) is 71.3 Å². The summed E-state index contributed by atoms with van der Waals surface area (Å²) in [4.78, 5) is 2.38. The summed E-state index contributed by atoms with van der Waals surface area (Å²) >= 11 is 0. The summed E-state index contributed by atoms with van der Waals surface area (Å²) < 4.78 is 0. The third kappa shape index (κ3) is 2.43. The van der Waals surface area contributed by atoms with E-state index in [-0.39, 0.29) is 0 Å². The van der Waals surface area contributed by atoms with Crippen LogP contribution in [0.15, 0.2) is 54.6 Å². The first-order valence-corrected chi connectivity index (χ1v) is 7.04. The molecule has 1 aliphatic carbocycles. The molecule has 19 heavy (non-hydrogen) atoms. The molecule has 0 heterocycles. The maximum Gasteiger partial charge on any atom is 0.0202 e. The smallest absolute Gasteiger partial charge is 0.0202 e. The number of rotatable bonds is 3. The van der Waals surface area contributed by atoms with Crippen LogP contribution in [0.1, 0.15) is 22.6 Å². The van der Waals surface area contributed by atoms with Crippen LogP contribution in [0.2, 0.25) is 0 Å². The third-order valence-corrected chi connectivity index (χ3v) is 4.31. The van der Waals surface area contributed by atoms with E-state index in [0.717, 1.165) is 6.42 Å². The van der Waals surface area contributed by atoms with Gasteiger partial charge in [-0.1, -0.05) is 54.6 Å². The Morgan fingerprint density at radius 2 is 1.63 bits per heavy atom. The van der Waals surface area contributed by atoms with E-state index in [0.29, 0.717) is 12.0 Å². The van der Waals surface area contributed by atoms with Crippen LogP contribution >= 0.6 is 0 Å². The van der Waals surface area contributed by atoms with Crippen LogP contribution in [0.3, 0.4) is 0 Å². The van der Waals surface area contributed by atoms with Crippen molar-refractivity contribution in [1.82, 2.24) is 4.90 Å². The van der Waals surface area contributed by atoms with Crippen molar-refractivity contribution < 1.29 is 0 Å². The molecule has 3 rings (SSSR count). The Balaban J connectivity index is 1.92. The van der Waals surface area contributed by atoms with Crippen molar-refractivity contribution in [1.29, 1.82) is 0 Å². The van der Waals surface area contributed by atoms with E-state index in [1.165, 1.54) is 17.5 Å². The summed E-state index contributed by atoms with van der Waals surface area (Å²) in [5.74, 6) is 0.619. The fourth-order valence-corrected chi connectivity index (χ4v) is 3.31. The summed E-state index contributed by atoms with van der Waals surface area (Å²) in [6, 6.07) is 20.4. The highest BCUT2D eigenvalue weighted by atomic mass is 15.1. The Kier molecular flexibility index (Phi) is 3.39. The lowest BCUT2D eigenvalue weighted by molar-refractivity contribution is 0.265. The zero-order valence-corrected chi connectivity index (χ0v) is 11.7. The summed E-state index contributed by atoms with van der Waals surface area (Å²) in [6.45, 7) is 0. The van der Waals surface area contributed by atoms with Gasteiger partial charge in [-0.3, -0.25) is 0 Å². The Hall–Kier alpha value is -1.60. The predicted octanol–water partition coefficient (Wildman–Crippen LogP) is 3.50. The number of likely N-dealkylation sites (N-methyl/N-ethyl adjacent to an activating group) is 1. The van der Waals surface area contributed by atoms with E-state index in [1.807, 2.05) is 0 Å². The number of nitrogens with zero attached hydrogens (tertiary/aromatic N) is 1. The van der Waals surface area contributed by atoms with Gasteiger partial charge in [-0.2, -0.15) is 0 Å². The number of fused-ring (bicyclic) bond motifs is 1. The van der Waals surface area contributed by atoms with Crippen molar-refractivity contribution in [2.75, 3.05) is 14.1 Å². The standard InChI is InChI=1S/C18H21N/c1-19(2)18-13-15-10-6-7-11-16(15)17(18)12-14-8-4-3-5-9-14/h3-11,17-18H,12-13H2,1-2H3/t17-,18-/m1/s1. The van der Waals surface area contributed by atoms with Crippen LogP contribution in [0, 0.1) is 0 Å². The lowest BCUT2D eigenvalue weighted by atomic mass is 9.90. The Morgan fingerprint density at radius 3 is 2.37 bits per heavy atom. The first-order chi connectivity index (χ1) is 9.25. The van der Waals surface area contributed by atoms with Gasteiger partial charge in [0.1, 0.15) is 0 Å². The molecule has 0 aromatic heterocycles. The van der Waals surface area contributed by atoms with Gasteiger partial charge in [-0.25, -0.2) is 0 Å². The zero-order valence-electron chi connectivity index (χ0n) is 11.7. The van der Waals surface area contributed by atoms with Crippen LogP contribution < -0.4 is 0 Å². The Labute approximate surface area is 115 Å². The second-order valence-electron chi connectivity index (χ2n) is 5.73. The zero-order chi connectivity index (χ0) is 13.2. The lowest BCUT2D eigenvalue weighted by Gasteiger charge is -2.27. The molecular weight excluding hydrogens is 230 g/mol. The van der Waals surface area contributed by atoms with Gasteiger partial charge in [0.15, 0.2) is 0 Å². The summed E-state index contributed by atoms with van der Waals surface area (Å²) in [5.41, 5.74) is 4.52. The molecule has 2 aromatic rings. The molecule has 0 aliphatic heterocycles. The van der Waals surface area contributed by atoms with Crippen molar-refractivity contribution in [3.63, 3.8) is 0 Å². The second kappa shape index (κ2) is 5.18. The molecule has 0 bridgehead atoms. The quantitative estimate of drug-likeness (QED) is 0.807. The maximum atomic E-state index is 2.38. The molecule has 1 nitrogen and oxygen atoms in total. The van der Waals surface area contributed by atoms with E-state index >= 15 is 0 Å². The minimum absolute atomic E-state index is 0.619. The molecular formula is C18H21N. The topological polar surface area (TPSA) is 3.24 Å². The average molecular weight is 251 g/mol. The minimum atomic E-state index is 0.619. The van der Waals surface area contributed by atoms with Crippen molar-refractivity contribution >= 4 is 0 Å². The molecule has 98 valence electrons. The van der Waals surface area contributed by atoms with Gasteiger partial charge >= 0.3 is 0 Å². The normalized spacial score (nSPS) is 21.6. The van der Waals surface area contributed by atoms with E-state index in [9.17, 15) is 0 Å². The van der Waals surface area contributed by atoms with Gasteiger partial charge < -0.3 is 4.90 Å². The minimum Gasteiger partial charge on any atom is -0.305 e. The molecule has 0 fully saturated rings. The highest BCUT2D eigenvalue weighted by Gasteiger charge is 2.33. The number of hydrogen-bond acceptors (Lipinski definition) is 1. The van der Waals surface area contributed by atoms with Crippen molar-refractivity contribution in [2.24, 2.45) is 0 Å². The predicted molar refractivity (Wildman–Crippen MR) is 80.5 cm³/mol. The molecule has 2 atom stereocenters. The fraction of sp³-hybridized carbons (Fsp3) is 0.333. The molecule has 0 radical (unpaired) electrons. The highest BCUT2D eigenvalue weighted by Crippen LogP contribution is 2.37. The lowest BCUT2D eigenvalue weighted by Crippen LogP contribution is -2.32. The summed E-state index contributed by atoms with van der Waals surface area (Å²) in [5, 5.41) is 0. The molecule has 0 amide bonds. The molecule has 1 heteroatoms.